The van der Waals surface area contributed by atoms with E-state index in [0.29, 0.717) is 38.3 Å². The lowest BCUT2D eigenvalue weighted by molar-refractivity contribution is -0.155. The van der Waals surface area contributed by atoms with Crippen molar-refractivity contribution in [2.24, 2.45) is 0 Å². The molecule has 0 unspecified atom stereocenters. The number of carbonyl (C=O) groups excluding carboxylic acids is 4. The van der Waals surface area contributed by atoms with Gasteiger partial charge in [0, 0.05) is 51.7 Å². The highest BCUT2D eigenvalue weighted by Gasteiger charge is 2.45. The molecule has 0 spiro atoms. The minimum atomic E-state index is -1.21. The second kappa shape index (κ2) is 13.9. The first-order valence-electron chi connectivity index (χ1n) is 13.6. The Hall–Kier alpha value is -4.02. The van der Waals surface area contributed by atoms with E-state index in [2.05, 4.69) is 31.2 Å². The number of benzene rings is 1. The maximum Gasteiger partial charge on any atom is 0.306 e. The minimum absolute atomic E-state index is 0.0447. The largest absolute Gasteiger partial charge is 0.460 e. The summed E-state index contributed by atoms with van der Waals surface area (Å²) < 4.78 is 5.35. The molecule has 1 aromatic carbocycles. The average Bonchev–Trinajstić information content (AvgIpc) is 3.27. The highest BCUT2D eigenvalue weighted by atomic mass is 16.6. The molecule has 1 aliphatic rings. The third-order valence-corrected chi connectivity index (χ3v) is 6.39. The van der Waals surface area contributed by atoms with Crippen LogP contribution in [-0.2, 0) is 36.8 Å². The first kappa shape index (κ1) is 30.5. The topological polar surface area (TPSA) is 151 Å². The number of hydrogen-bond donors (Lipinski definition) is 4. The fraction of sp³-hybridized carbons (Fsp3) is 0.517. The molecule has 4 N–H and O–H groups in total. The monoisotopic (exact) mass is 552 g/mol. The number of rotatable bonds is 13. The first-order chi connectivity index (χ1) is 19.0. The van der Waals surface area contributed by atoms with Crippen molar-refractivity contribution < 1.29 is 23.9 Å². The molecule has 3 rings (SSSR count). The van der Waals surface area contributed by atoms with E-state index < -0.39 is 35.0 Å². The number of aromatic nitrogens is 2. The lowest BCUT2D eigenvalue weighted by Gasteiger charge is -2.31. The fourth-order valence-corrected chi connectivity index (χ4v) is 4.62. The minimum Gasteiger partial charge on any atom is -0.460 e. The van der Waals surface area contributed by atoms with Gasteiger partial charge < -0.3 is 26.0 Å². The van der Waals surface area contributed by atoms with Crippen LogP contribution in [0.25, 0.3) is 0 Å². The Labute approximate surface area is 235 Å². The smallest absolute Gasteiger partial charge is 0.306 e. The van der Waals surface area contributed by atoms with Crippen molar-refractivity contribution in [3.8, 4) is 0 Å². The molecule has 216 valence electrons. The van der Waals surface area contributed by atoms with Crippen molar-refractivity contribution in [1.29, 1.82) is 0 Å². The molecule has 40 heavy (non-hydrogen) atoms. The quantitative estimate of drug-likeness (QED) is 0.218. The summed E-state index contributed by atoms with van der Waals surface area (Å²) in [7, 11) is 0. The fourth-order valence-electron chi connectivity index (χ4n) is 4.62. The molecule has 1 aromatic heterocycles. The number of amides is 3. The maximum atomic E-state index is 13.6. The van der Waals surface area contributed by atoms with Crippen molar-refractivity contribution in [2.75, 3.05) is 18.4 Å². The highest BCUT2D eigenvalue weighted by Crippen LogP contribution is 2.30. The number of esters is 1. The Morgan fingerprint density at radius 3 is 2.20 bits per heavy atom. The Kier molecular flexibility index (Phi) is 10.6. The summed E-state index contributed by atoms with van der Waals surface area (Å²) in [6, 6.07) is 8.45. The van der Waals surface area contributed by atoms with Gasteiger partial charge in [-0.3, -0.25) is 19.2 Å². The van der Waals surface area contributed by atoms with Gasteiger partial charge in [-0.1, -0.05) is 24.3 Å². The molecule has 0 saturated carbocycles. The maximum absolute atomic E-state index is 13.6. The normalized spacial score (nSPS) is 14.4. The molecule has 1 heterocycles. The Bertz CT molecular complexity index is 1160. The molecule has 0 radical (unpaired) electrons. The van der Waals surface area contributed by atoms with Crippen molar-refractivity contribution in [2.45, 2.75) is 83.4 Å². The number of nitrogens with zero attached hydrogens (tertiary/aromatic N) is 2. The molecule has 11 nitrogen and oxygen atoms in total. The zero-order valence-electron chi connectivity index (χ0n) is 23.7. The van der Waals surface area contributed by atoms with Crippen LogP contribution in [0, 0.1) is 0 Å². The standard InChI is InChI=1S/C29H40N6O5/c1-20(36)34-23(12-13-24(37)40-28(2,3)4)25(38)35-29(18-21-10-5-6-11-22(21)19-29)26(39)30-14-7-8-15-31-27-32-16-9-17-33-27/h5-6,9-11,16-17,23H,7-8,12-15,18-19H2,1-4H3,(H,30,39)(H,34,36)(H,35,38)(H,31,32,33)/t23-/m1/s1. The Morgan fingerprint density at radius 1 is 0.975 bits per heavy atom. The zero-order chi connectivity index (χ0) is 29.2. The predicted octanol–water partition coefficient (Wildman–Crippen LogP) is 2.07. The van der Waals surface area contributed by atoms with Crippen LogP contribution >= 0.6 is 0 Å². The van der Waals surface area contributed by atoms with Crippen LogP contribution < -0.4 is 21.3 Å². The van der Waals surface area contributed by atoms with Gasteiger partial charge >= 0.3 is 5.97 Å². The summed E-state index contributed by atoms with van der Waals surface area (Å²) in [6.45, 7) is 7.67. The van der Waals surface area contributed by atoms with E-state index in [1.54, 1.807) is 39.2 Å². The zero-order valence-corrected chi connectivity index (χ0v) is 23.7. The Morgan fingerprint density at radius 2 is 1.60 bits per heavy atom. The van der Waals surface area contributed by atoms with Crippen molar-refractivity contribution in [3.05, 3.63) is 53.9 Å². The molecule has 11 heteroatoms. The van der Waals surface area contributed by atoms with E-state index in [1.807, 2.05) is 24.3 Å². The Balaban J connectivity index is 1.63. The molecule has 3 amide bonds. The van der Waals surface area contributed by atoms with Crippen LogP contribution in [0.2, 0.25) is 0 Å². The van der Waals surface area contributed by atoms with Gasteiger partial charge in [0.15, 0.2) is 0 Å². The van der Waals surface area contributed by atoms with E-state index in [0.717, 1.165) is 17.5 Å². The van der Waals surface area contributed by atoms with Crippen molar-refractivity contribution >= 4 is 29.6 Å². The van der Waals surface area contributed by atoms with Gasteiger partial charge in [-0.05, 0) is 57.2 Å². The van der Waals surface area contributed by atoms with Crippen LogP contribution in [0.4, 0.5) is 5.95 Å². The first-order valence-corrected chi connectivity index (χ1v) is 13.6. The van der Waals surface area contributed by atoms with E-state index in [4.69, 9.17) is 4.74 Å². The van der Waals surface area contributed by atoms with Crippen LogP contribution in [0.5, 0.6) is 0 Å². The van der Waals surface area contributed by atoms with Gasteiger partial charge in [0.05, 0.1) is 0 Å². The van der Waals surface area contributed by atoms with Gasteiger partial charge in [0.2, 0.25) is 23.7 Å². The number of unbranched alkanes of at least 4 members (excludes halogenated alkanes) is 1. The summed E-state index contributed by atoms with van der Waals surface area (Å²) in [6.07, 6.45) is 5.47. The highest BCUT2D eigenvalue weighted by molar-refractivity contribution is 5.95. The second-order valence-electron chi connectivity index (χ2n) is 11.0. The van der Waals surface area contributed by atoms with E-state index in [9.17, 15) is 19.2 Å². The summed E-state index contributed by atoms with van der Waals surface area (Å²) in [5, 5.41) is 11.7. The molecular weight excluding hydrogens is 512 g/mol. The van der Waals surface area contributed by atoms with Crippen LogP contribution in [0.15, 0.2) is 42.7 Å². The molecule has 0 fully saturated rings. The lowest BCUT2D eigenvalue weighted by Crippen LogP contribution is -2.63. The summed E-state index contributed by atoms with van der Waals surface area (Å²) in [5.41, 5.74) is 0.0932. The molecular formula is C29H40N6O5. The molecule has 0 bridgehead atoms. The third kappa shape index (κ3) is 9.32. The summed E-state index contributed by atoms with van der Waals surface area (Å²) >= 11 is 0. The van der Waals surface area contributed by atoms with Crippen molar-refractivity contribution in [3.63, 3.8) is 0 Å². The van der Waals surface area contributed by atoms with Crippen LogP contribution in [-0.4, -0.2) is 63.9 Å². The molecule has 1 aliphatic carbocycles. The van der Waals surface area contributed by atoms with Gasteiger partial charge in [0.25, 0.3) is 0 Å². The number of fused-ring (bicyclic) bond motifs is 1. The number of hydrogen-bond acceptors (Lipinski definition) is 8. The molecule has 0 saturated heterocycles. The van der Waals surface area contributed by atoms with Crippen molar-refractivity contribution in [1.82, 2.24) is 25.9 Å². The van der Waals surface area contributed by atoms with Gasteiger partial charge in [-0.15, -0.1) is 0 Å². The number of ether oxygens (including phenoxy) is 1. The van der Waals surface area contributed by atoms with Crippen LogP contribution in [0.1, 0.15) is 64.5 Å². The van der Waals surface area contributed by atoms with E-state index in [1.165, 1.54) is 6.92 Å². The van der Waals surface area contributed by atoms with Crippen LogP contribution in [0.3, 0.4) is 0 Å². The third-order valence-electron chi connectivity index (χ3n) is 6.39. The average molecular weight is 553 g/mol. The SMILES string of the molecule is CC(=O)N[C@H](CCC(=O)OC(C)(C)C)C(=O)NC1(C(=O)NCCCCNc2ncccn2)Cc2ccccc2C1. The van der Waals surface area contributed by atoms with Gasteiger partial charge in [0.1, 0.15) is 17.2 Å². The number of nitrogens with one attached hydrogen (secondary N) is 4. The van der Waals surface area contributed by atoms with E-state index in [-0.39, 0.29) is 18.7 Å². The molecule has 1 atom stereocenters. The number of anilines is 1. The molecule has 2 aromatic rings. The molecule has 0 aliphatic heterocycles. The summed E-state index contributed by atoms with van der Waals surface area (Å²) in [5.74, 6) is -1.13. The summed E-state index contributed by atoms with van der Waals surface area (Å²) in [4.78, 5) is 59.4. The lowest BCUT2D eigenvalue weighted by atomic mass is 9.93. The number of carbonyl (C=O) groups is 4. The second-order valence-corrected chi connectivity index (χ2v) is 11.0. The van der Waals surface area contributed by atoms with Gasteiger partial charge in [-0.2, -0.15) is 0 Å². The van der Waals surface area contributed by atoms with E-state index >= 15 is 0 Å². The predicted molar refractivity (Wildman–Crippen MR) is 150 cm³/mol. The van der Waals surface area contributed by atoms with Gasteiger partial charge in [-0.25, -0.2) is 9.97 Å².